The molecule has 0 spiro atoms. The van der Waals surface area contributed by atoms with Crippen LogP contribution in [0.2, 0.25) is 0 Å². The summed E-state index contributed by atoms with van der Waals surface area (Å²) in [6, 6.07) is 0. The highest BCUT2D eigenvalue weighted by atomic mass is 16.2. The molecule has 1 aromatic heterocycles. The van der Waals surface area contributed by atoms with Crippen molar-refractivity contribution in [2.75, 3.05) is 7.05 Å². The van der Waals surface area contributed by atoms with Crippen molar-refractivity contribution in [2.24, 2.45) is 5.73 Å². The molecule has 1 aliphatic rings. The Labute approximate surface area is 101 Å². The first-order valence-corrected chi connectivity index (χ1v) is 5.93. The fourth-order valence-electron chi connectivity index (χ4n) is 2.34. The Morgan fingerprint density at radius 2 is 2.18 bits per heavy atom. The Hall–Kier alpha value is -1.43. The first-order chi connectivity index (χ1) is 8.01. The minimum Gasteiger partial charge on any atom is -0.337 e. The van der Waals surface area contributed by atoms with E-state index in [1.165, 1.54) is 0 Å². The maximum Gasteiger partial charge on any atom is 0.242 e. The number of carbonyl (C=O) groups is 1. The van der Waals surface area contributed by atoms with Gasteiger partial charge < -0.3 is 10.6 Å². The summed E-state index contributed by atoms with van der Waals surface area (Å²) in [5.41, 5.74) is 5.46. The smallest absolute Gasteiger partial charge is 0.242 e. The molecule has 1 amide bonds. The second-order valence-corrected chi connectivity index (χ2v) is 4.86. The van der Waals surface area contributed by atoms with Gasteiger partial charge in [0.25, 0.3) is 0 Å². The summed E-state index contributed by atoms with van der Waals surface area (Å²) in [5.74, 6) is 1.38. The highest BCUT2D eigenvalue weighted by molar-refractivity contribution is 5.86. The van der Waals surface area contributed by atoms with Crippen LogP contribution >= 0.6 is 0 Å². The third kappa shape index (κ3) is 2.46. The molecule has 0 atom stereocenters. The Balaban J connectivity index is 2.00. The van der Waals surface area contributed by atoms with Crippen LogP contribution in [-0.2, 0) is 11.3 Å². The molecule has 0 radical (unpaired) electrons. The van der Waals surface area contributed by atoms with E-state index in [2.05, 4.69) is 15.2 Å². The van der Waals surface area contributed by atoms with Crippen molar-refractivity contribution in [3.8, 4) is 0 Å². The molecule has 6 nitrogen and oxygen atoms in total. The average Bonchev–Trinajstić information content (AvgIpc) is 2.88. The van der Waals surface area contributed by atoms with Gasteiger partial charge in [-0.1, -0.05) is 12.8 Å². The lowest BCUT2D eigenvalue weighted by molar-refractivity contribution is -0.136. The van der Waals surface area contributed by atoms with Gasteiger partial charge in [0.2, 0.25) is 5.91 Å². The van der Waals surface area contributed by atoms with Gasteiger partial charge in [0.15, 0.2) is 5.82 Å². The number of hydrogen-bond donors (Lipinski definition) is 2. The second kappa shape index (κ2) is 4.44. The first kappa shape index (κ1) is 12.0. The van der Waals surface area contributed by atoms with Crippen LogP contribution in [0.3, 0.4) is 0 Å². The molecule has 3 N–H and O–H groups in total. The summed E-state index contributed by atoms with van der Waals surface area (Å²) in [6.45, 7) is 2.24. The topological polar surface area (TPSA) is 87.9 Å². The molecule has 0 aliphatic heterocycles. The standard InChI is InChI=1S/C11H19N5O/c1-8-13-9(15-14-8)7-16(2)10(17)11(12)5-3-4-6-11/h3-7,12H2,1-2H3,(H,13,14,15). The quantitative estimate of drug-likeness (QED) is 0.793. The molecule has 0 aromatic carbocycles. The maximum atomic E-state index is 12.2. The van der Waals surface area contributed by atoms with E-state index < -0.39 is 5.54 Å². The Morgan fingerprint density at radius 1 is 1.53 bits per heavy atom. The number of nitrogens with two attached hydrogens (primary N) is 1. The number of aryl methyl sites for hydroxylation is 1. The molecule has 17 heavy (non-hydrogen) atoms. The molecule has 94 valence electrons. The van der Waals surface area contributed by atoms with E-state index in [4.69, 9.17) is 5.73 Å². The molecule has 6 heteroatoms. The molecular weight excluding hydrogens is 218 g/mol. The lowest BCUT2D eigenvalue weighted by Gasteiger charge is -2.27. The van der Waals surface area contributed by atoms with Crippen LogP contribution < -0.4 is 5.73 Å². The fourth-order valence-corrected chi connectivity index (χ4v) is 2.34. The second-order valence-electron chi connectivity index (χ2n) is 4.86. The van der Waals surface area contributed by atoms with Gasteiger partial charge >= 0.3 is 0 Å². The van der Waals surface area contributed by atoms with E-state index in [-0.39, 0.29) is 5.91 Å². The van der Waals surface area contributed by atoms with Gasteiger partial charge in [-0.05, 0) is 19.8 Å². The summed E-state index contributed by atoms with van der Waals surface area (Å²) in [5, 5.41) is 6.78. The Morgan fingerprint density at radius 3 is 2.71 bits per heavy atom. The SMILES string of the molecule is Cc1nc(CN(C)C(=O)C2(N)CCCC2)n[nH]1. The number of nitrogens with one attached hydrogen (secondary N) is 1. The monoisotopic (exact) mass is 237 g/mol. The van der Waals surface area contributed by atoms with Crippen molar-refractivity contribution in [3.63, 3.8) is 0 Å². The molecule has 1 heterocycles. The van der Waals surface area contributed by atoms with Crippen LogP contribution in [-0.4, -0.2) is 38.6 Å². The van der Waals surface area contributed by atoms with E-state index in [0.29, 0.717) is 12.4 Å². The van der Waals surface area contributed by atoms with Gasteiger partial charge in [0.05, 0.1) is 12.1 Å². The first-order valence-electron chi connectivity index (χ1n) is 5.93. The molecule has 1 saturated carbocycles. The number of nitrogens with zero attached hydrogens (tertiary/aromatic N) is 3. The number of likely N-dealkylation sites (N-methyl/N-ethyl adjacent to an activating group) is 1. The van der Waals surface area contributed by atoms with E-state index in [1.54, 1.807) is 11.9 Å². The van der Waals surface area contributed by atoms with Crippen molar-refractivity contribution in [1.82, 2.24) is 20.1 Å². The summed E-state index contributed by atoms with van der Waals surface area (Å²) in [7, 11) is 1.75. The van der Waals surface area contributed by atoms with Gasteiger partial charge in [-0.3, -0.25) is 9.89 Å². The molecule has 1 aliphatic carbocycles. The molecule has 0 bridgehead atoms. The number of aromatic nitrogens is 3. The zero-order valence-electron chi connectivity index (χ0n) is 10.4. The third-order valence-corrected chi connectivity index (χ3v) is 3.29. The molecule has 2 rings (SSSR count). The van der Waals surface area contributed by atoms with Gasteiger partial charge in [0.1, 0.15) is 5.82 Å². The minimum absolute atomic E-state index is 0.00236. The summed E-state index contributed by atoms with van der Waals surface area (Å²) in [4.78, 5) is 18.0. The average molecular weight is 237 g/mol. The van der Waals surface area contributed by atoms with Gasteiger partial charge in [-0.15, -0.1) is 0 Å². The number of amides is 1. The van der Waals surface area contributed by atoms with Crippen molar-refractivity contribution in [1.29, 1.82) is 0 Å². The summed E-state index contributed by atoms with van der Waals surface area (Å²) < 4.78 is 0. The van der Waals surface area contributed by atoms with Crippen LogP contribution in [0, 0.1) is 6.92 Å². The zero-order valence-corrected chi connectivity index (χ0v) is 10.4. The maximum absolute atomic E-state index is 12.2. The lowest BCUT2D eigenvalue weighted by Crippen LogP contribution is -2.52. The third-order valence-electron chi connectivity index (χ3n) is 3.29. The number of aromatic amines is 1. The van der Waals surface area contributed by atoms with Crippen molar-refractivity contribution in [2.45, 2.75) is 44.7 Å². The number of H-pyrrole nitrogens is 1. The van der Waals surface area contributed by atoms with E-state index in [1.807, 2.05) is 6.92 Å². The number of carbonyl (C=O) groups excluding carboxylic acids is 1. The molecular formula is C11H19N5O. The van der Waals surface area contributed by atoms with E-state index >= 15 is 0 Å². The number of hydrogen-bond acceptors (Lipinski definition) is 4. The van der Waals surface area contributed by atoms with E-state index in [9.17, 15) is 4.79 Å². The fraction of sp³-hybridized carbons (Fsp3) is 0.727. The van der Waals surface area contributed by atoms with Gasteiger partial charge in [-0.2, -0.15) is 5.10 Å². The Bertz CT molecular complexity index is 408. The number of rotatable bonds is 3. The van der Waals surface area contributed by atoms with Gasteiger partial charge in [0, 0.05) is 7.05 Å². The zero-order chi connectivity index (χ0) is 12.5. The summed E-state index contributed by atoms with van der Waals surface area (Å²) in [6.07, 6.45) is 3.64. The largest absolute Gasteiger partial charge is 0.337 e. The molecule has 1 aromatic rings. The molecule has 1 fully saturated rings. The predicted octanol–water partition coefficient (Wildman–Crippen LogP) is 0.343. The van der Waals surface area contributed by atoms with Crippen LogP contribution in [0.4, 0.5) is 0 Å². The van der Waals surface area contributed by atoms with Crippen LogP contribution in [0.5, 0.6) is 0 Å². The Kier molecular flexibility index (Phi) is 3.15. The van der Waals surface area contributed by atoms with E-state index in [0.717, 1.165) is 31.5 Å². The molecule has 0 unspecified atom stereocenters. The van der Waals surface area contributed by atoms with Crippen molar-refractivity contribution >= 4 is 5.91 Å². The van der Waals surface area contributed by atoms with Crippen molar-refractivity contribution < 1.29 is 4.79 Å². The van der Waals surface area contributed by atoms with Crippen LogP contribution in [0.1, 0.15) is 37.3 Å². The van der Waals surface area contributed by atoms with Crippen LogP contribution in [0.25, 0.3) is 0 Å². The summed E-state index contributed by atoms with van der Waals surface area (Å²) >= 11 is 0. The lowest BCUT2D eigenvalue weighted by atomic mass is 9.97. The van der Waals surface area contributed by atoms with Crippen LogP contribution in [0.15, 0.2) is 0 Å². The molecule has 0 saturated heterocycles. The predicted molar refractivity (Wildman–Crippen MR) is 63.0 cm³/mol. The highest BCUT2D eigenvalue weighted by Gasteiger charge is 2.38. The normalized spacial score (nSPS) is 18.3. The minimum atomic E-state index is -0.667. The highest BCUT2D eigenvalue weighted by Crippen LogP contribution is 2.28. The van der Waals surface area contributed by atoms with Crippen molar-refractivity contribution in [3.05, 3.63) is 11.6 Å². The van der Waals surface area contributed by atoms with Gasteiger partial charge in [-0.25, -0.2) is 4.98 Å².